The Balaban J connectivity index is 1.85. The van der Waals surface area contributed by atoms with Gasteiger partial charge in [0.1, 0.15) is 17.5 Å². The lowest BCUT2D eigenvalue weighted by Crippen LogP contribution is -2.39. The summed E-state index contributed by atoms with van der Waals surface area (Å²) in [6.45, 7) is 2.56. The molecule has 3 rings (SSSR count). The van der Waals surface area contributed by atoms with Crippen molar-refractivity contribution < 1.29 is 14.3 Å². The third kappa shape index (κ3) is 5.22. The molecule has 6 nitrogen and oxygen atoms in total. The number of para-hydroxylation sites is 1. The largest absolute Gasteiger partial charge is 0.478 e. The number of nitrogens with two attached hydrogens (primary N) is 1. The van der Waals surface area contributed by atoms with E-state index in [4.69, 9.17) is 38.4 Å². The highest BCUT2D eigenvalue weighted by Crippen LogP contribution is 2.30. The molecule has 2 aromatic carbocycles. The van der Waals surface area contributed by atoms with Gasteiger partial charge in [0.15, 0.2) is 0 Å². The molecule has 1 aliphatic heterocycles. The molecule has 29 heavy (non-hydrogen) atoms. The van der Waals surface area contributed by atoms with E-state index < -0.39 is 11.9 Å². The molecule has 0 aliphatic carbocycles. The van der Waals surface area contributed by atoms with Gasteiger partial charge in [-0.3, -0.25) is 4.79 Å². The van der Waals surface area contributed by atoms with Gasteiger partial charge in [-0.1, -0.05) is 54.7 Å². The average Bonchev–Trinajstić information content (AvgIpc) is 2.71. The molecule has 1 heterocycles. The standard InChI is InChI=1S/C21H21Cl2N3O3/c1-2-3-11-28-19-13-16(20(24)25-26(19)15-7-5-4-6-8-15)21(27)29-18-10-9-14(22)12-17(18)23/h4-10,12-13,16H,2-3,11H2,1H3,(H2,24,25). The topological polar surface area (TPSA) is 77.1 Å². The number of hydrazone groups is 1. The molecule has 0 aromatic heterocycles. The number of ether oxygens (including phenoxy) is 2. The van der Waals surface area contributed by atoms with E-state index in [2.05, 4.69) is 12.0 Å². The first-order valence-electron chi connectivity index (χ1n) is 9.20. The second-order valence-electron chi connectivity index (χ2n) is 6.35. The highest BCUT2D eigenvalue weighted by Gasteiger charge is 2.31. The van der Waals surface area contributed by atoms with Crippen molar-refractivity contribution in [1.29, 1.82) is 0 Å². The van der Waals surface area contributed by atoms with E-state index in [1.165, 1.54) is 12.1 Å². The van der Waals surface area contributed by atoms with Crippen LogP contribution in [0.15, 0.2) is 65.6 Å². The van der Waals surface area contributed by atoms with Crippen LogP contribution in [0.3, 0.4) is 0 Å². The fourth-order valence-corrected chi connectivity index (χ4v) is 3.08. The summed E-state index contributed by atoms with van der Waals surface area (Å²) in [5.41, 5.74) is 6.86. The summed E-state index contributed by atoms with van der Waals surface area (Å²) < 4.78 is 11.3. The van der Waals surface area contributed by atoms with Crippen molar-refractivity contribution in [2.24, 2.45) is 16.8 Å². The predicted octanol–water partition coefficient (Wildman–Crippen LogP) is 4.97. The first kappa shape index (κ1) is 21.0. The van der Waals surface area contributed by atoms with Crippen LogP contribution in [-0.4, -0.2) is 18.4 Å². The Kier molecular flexibility index (Phi) is 7.01. The second kappa shape index (κ2) is 9.67. The third-order valence-corrected chi connectivity index (χ3v) is 4.69. The number of carbonyl (C=O) groups is 1. The maximum Gasteiger partial charge on any atom is 0.326 e. The summed E-state index contributed by atoms with van der Waals surface area (Å²) >= 11 is 12.0. The van der Waals surface area contributed by atoms with Crippen molar-refractivity contribution in [3.8, 4) is 5.75 Å². The molecule has 0 spiro atoms. The van der Waals surface area contributed by atoms with Crippen molar-refractivity contribution in [1.82, 2.24) is 0 Å². The van der Waals surface area contributed by atoms with Crippen LogP contribution in [-0.2, 0) is 9.53 Å². The number of anilines is 1. The van der Waals surface area contributed by atoms with Crippen LogP contribution in [0.2, 0.25) is 10.0 Å². The summed E-state index contributed by atoms with van der Waals surface area (Å²) in [5, 5.41) is 6.62. The summed E-state index contributed by atoms with van der Waals surface area (Å²) in [6, 6.07) is 14.0. The molecule has 0 saturated heterocycles. The van der Waals surface area contributed by atoms with Gasteiger partial charge in [-0.05, 0) is 42.8 Å². The highest BCUT2D eigenvalue weighted by atomic mass is 35.5. The van der Waals surface area contributed by atoms with E-state index in [1.54, 1.807) is 17.2 Å². The summed E-state index contributed by atoms with van der Waals surface area (Å²) in [7, 11) is 0. The zero-order valence-electron chi connectivity index (χ0n) is 15.8. The molecule has 1 unspecified atom stereocenters. The quantitative estimate of drug-likeness (QED) is 0.379. The maximum atomic E-state index is 12.7. The van der Waals surface area contributed by atoms with Gasteiger partial charge >= 0.3 is 5.97 Å². The molecule has 0 amide bonds. The van der Waals surface area contributed by atoms with Gasteiger partial charge in [-0.2, -0.15) is 10.1 Å². The molecule has 2 aromatic rings. The van der Waals surface area contributed by atoms with E-state index in [1.807, 2.05) is 30.3 Å². The number of nitrogens with zero attached hydrogens (tertiary/aromatic N) is 2. The number of rotatable bonds is 7. The Morgan fingerprint density at radius 3 is 2.66 bits per heavy atom. The Labute approximate surface area is 179 Å². The molecule has 2 N–H and O–H groups in total. The Morgan fingerprint density at radius 1 is 1.21 bits per heavy atom. The van der Waals surface area contributed by atoms with Gasteiger partial charge in [-0.25, -0.2) is 0 Å². The molecule has 1 aliphatic rings. The number of halogens is 2. The average molecular weight is 434 g/mol. The number of esters is 1. The number of carbonyl (C=O) groups excluding carboxylic acids is 1. The van der Waals surface area contributed by atoms with Crippen LogP contribution in [0.1, 0.15) is 19.8 Å². The molecule has 0 fully saturated rings. The lowest BCUT2D eigenvalue weighted by atomic mass is 10.1. The van der Waals surface area contributed by atoms with Gasteiger partial charge in [-0.15, -0.1) is 0 Å². The van der Waals surface area contributed by atoms with E-state index in [0.717, 1.165) is 18.5 Å². The van der Waals surface area contributed by atoms with Crippen LogP contribution in [0, 0.1) is 5.92 Å². The van der Waals surface area contributed by atoms with Gasteiger partial charge in [0.25, 0.3) is 0 Å². The second-order valence-corrected chi connectivity index (χ2v) is 7.20. The van der Waals surface area contributed by atoms with Gasteiger partial charge < -0.3 is 15.2 Å². The first-order valence-corrected chi connectivity index (χ1v) is 9.95. The van der Waals surface area contributed by atoms with Crippen molar-refractivity contribution in [2.75, 3.05) is 11.6 Å². The number of hydrogen-bond donors (Lipinski definition) is 1. The minimum Gasteiger partial charge on any atom is -0.478 e. The summed E-state index contributed by atoms with van der Waals surface area (Å²) in [5.74, 6) is -0.811. The predicted molar refractivity (Wildman–Crippen MR) is 115 cm³/mol. The Morgan fingerprint density at radius 2 is 1.97 bits per heavy atom. The van der Waals surface area contributed by atoms with Crippen LogP contribution in [0.25, 0.3) is 0 Å². The van der Waals surface area contributed by atoms with Crippen LogP contribution in [0.5, 0.6) is 5.75 Å². The molecular formula is C21H21Cl2N3O3. The zero-order chi connectivity index (χ0) is 20.8. The fraction of sp³-hybridized carbons (Fsp3) is 0.238. The van der Waals surface area contributed by atoms with E-state index in [-0.39, 0.29) is 16.6 Å². The van der Waals surface area contributed by atoms with Gasteiger partial charge in [0, 0.05) is 5.02 Å². The normalized spacial score (nSPS) is 16.1. The van der Waals surface area contributed by atoms with E-state index in [0.29, 0.717) is 17.5 Å². The monoisotopic (exact) mass is 433 g/mol. The molecular weight excluding hydrogens is 413 g/mol. The van der Waals surface area contributed by atoms with Crippen LogP contribution >= 0.6 is 23.2 Å². The SMILES string of the molecule is CCCCOC1=CC(C(=O)Oc2ccc(Cl)cc2Cl)C(N)=NN1c1ccccc1. The van der Waals surface area contributed by atoms with Crippen molar-refractivity contribution >= 4 is 40.7 Å². The van der Waals surface area contributed by atoms with E-state index >= 15 is 0 Å². The lowest BCUT2D eigenvalue weighted by molar-refractivity contribution is -0.135. The van der Waals surface area contributed by atoms with Crippen molar-refractivity contribution in [3.05, 3.63) is 70.5 Å². The Bertz CT molecular complexity index is 932. The van der Waals surface area contributed by atoms with Crippen molar-refractivity contribution in [3.63, 3.8) is 0 Å². The number of hydrogen-bond acceptors (Lipinski definition) is 6. The molecule has 0 radical (unpaired) electrons. The number of benzene rings is 2. The number of unbranched alkanes of at least 4 members (excludes halogenated alkanes) is 1. The minimum atomic E-state index is -0.904. The lowest BCUT2D eigenvalue weighted by Gasteiger charge is -2.28. The first-order chi connectivity index (χ1) is 14.0. The van der Waals surface area contributed by atoms with Gasteiger partial charge in [0.2, 0.25) is 5.88 Å². The smallest absolute Gasteiger partial charge is 0.326 e. The Hall–Kier alpha value is -2.70. The third-order valence-electron chi connectivity index (χ3n) is 4.16. The van der Waals surface area contributed by atoms with Crippen LogP contribution < -0.4 is 15.5 Å². The zero-order valence-corrected chi connectivity index (χ0v) is 17.4. The molecule has 152 valence electrons. The summed E-state index contributed by atoms with van der Waals surface area (Å²) in [6.07, 6.45) is 3.45. The fourth-order valence-electron chi connectivity index (χ4n) is 2.63. The van der Waals surface area contributed by atoms with Crippen molar-refractivity contribution in [2.45, 2.75) is 19.8 Å². The molecule has 0 bridgehead atoms. The van der Waals surface area contributed by atoms with Gasteiger partial charge in [0.05, 0.1) is 17.3 Å². The summed E-state index contributed by atoms with van der Waals surface area (Å²) in [4.78, 5) is 12.7. The molecule has 1 atom stereocenters. The van der Waals surface area contributed by atoms with E-state index in [9.17, 15) is 4.79 Å². The highest BCUT2D eigenvalue weighted by molar-refractivity contribution is 6.35. The molecule has 0 saturated carbocycles. The number of amidine groups is 1. The molecule has 8 heteroatoms. The van der Waals surface area contributed by atoms with Crippen LogP contribution in [0.4, 0.5) is 5.69 Å². The maximum absolute atomic E-state index is 12.7. The minimum absolute atomic E-state index is 0.0896.